The second-order valence-corrected chi connectivity index (χ2v) is 6.17. The van der Waals surface area contributed by atoms with E-state index < -0.39 is 0 Å². The van der Waals surface area contributed by atoms with E-state index in [9.17, 15) is 4.79 Å². The Morgan fingerprint density at radius 2 is 2.00 bits per heavy atom. The van der Waals surface area contributed by atoms with Gasteiger partial charge in [0, 0.05) is 21.1 Å². The van der Waals surface area contributed by atoms with Crippen LogP contribution in [-0.4, -0.2) is 34.4 Å². The molecule has 102 valence electrons. The summed E-state index contributed by atoms with van der Waals surface area (Å²) in [5, 5.41) is 11.8. The van der Waals surface area contributed by atoms with Crippen LogP contribution in [0.4, 0.5) is 0 Å². The van der Waals surface area contributed by atoms with Crippen molar-refractivity contribution in [2.75, 3.05) is 6.54 Å². The predicted octanol–water partition coefficient (Wildman–Crippen LogP) is 2.56. The van der Waals surface area contributed by atoms with Gasteiger partial charge in [0.25, 0.3) is 5.91 Å². The zero-order chi connectivity index (χ0) is 14.0. The summed E-state index contributed by atoms with van der Waals surface area (Å²) in [4.78, 5) is 14.1. The summed E-state index contributed by atoms with van der Waals surface area (Å²) >= 11 is 6.72. The molecular formula is C12H13Br2N3O2. The lowest BCUT2D eigenvalue weighted by Crippen LogP contribution is -2.43. The number of amidine groups is 1. The van der Waals surface area contributed by atoms with Crippen molar-refractivity contribution in [2.24, 2.45) is 10.9 Å². The van der Waals surface area contributed by atoms with Crippen LogP contribution in [0.2, 0.25) is 0 Å². The summed E-state index contributed by atoms with van der Waals surface area (Å²) in [7, 11) is 0. The minimum atomic E-state index is -0.324. The lowest BCUT2D eigenvalue weighted by molar-refractivity contribution is 0.0767. The Balaban J connectivity index is 2.28. The number of benzene rings is 1. The summed E-state index contributed by atoms with van der Waals surface area (Å²) < 4.78 is 1.65. The average molecular weight is 391 g/mol. The highest BCUT2D eigenvalue weighted by molar-refractivity contribution is 9.11. The fraction of sp³-hybridized carbons (Fsp3) is 0.333. The Labute approximate surface area is 127 Å². The number of carbonyl (C=O) groups excluding carboxylic acids is 1. The maximum absolute atomic E-state index is 12.5. The van der Waals surface area contributed by atoms with Crippen molar-refractivity contribution in [3.8, 4) is 0 Å². The molecule has 1 heterocycles. The molecule has 0 bridgehead atoms. The van der Waals surface area contributed by atoms with Gasteiger partial charge in [-0.2, -0.15) is 0 Å². The third kappa shape index (κ3) is 3.09. The number of amides is 1. The number of oxime groups is 1. The Kier molecular flexibility index (Phi) is 4.46. The van der Waals surface area contributed by atoms with Crippen LogP contribution in [0.25, 0.3) is 0 Å². The van der Waals surface area contributed by atoms with Gasteiger partial charge in [0.15, 0.2) is 5.84 Å². The molecule has 0 radical (unpaired) electrons. The third-order valence-corrected chi connectivity index (χ3v) is 4.00. The number of carbonyl (C=O) groups is 1. The Hall–Kier alpha value is -1.08. The van der Waals surface area contributed by atoms with Crippen molar-refractivity contribution in [3.63, 3.8) is 0 Å². The number of rotatable bonds is 2. The van der Waals surface area contributed by atoms with E-state index in [1.54, 1.807) is 17.0 Å². The number of halogens is 2. The molecule has 3 N–H and O–H groups in total. The van der Waals surface area contributed by atoms with Gasteiger partial charge in [-0.3, -0.25) is 4.79 Å². The SMILES string of the molecule is N/C(=N/O)C1CCCN1C(=O)c1cc(Br)cc(Br)c1. The number of hydrogen-bond acceptors (Lipinski definition) is 3. The van der Waals surface area contributed by atoms with E-state index in [1.807, 2.05) is 6.07 Å². The van der Waals surface area contributed by atoms with Gasteiger partial charge >= 0.3 is 0 Å². The van der Waals surface area contributed by atoms with Gasteiger partial charge in [-0.1, -0.05) is 37.0 Å². The highest BCUT2D eigenvalue weighted by atomic mass is 79.9. The van der Waals surface area contributed by atoms with Gasteiger partial charge in [-0.25, -0.2) is 0 Å². The van der Waals surface area contributed by atoms with Crippen LogP contribution >= 0.6 is 31.9 Å². The molecule has 19 heavy (non-hydrogen) atoms. The number of nitrogens with two attached hydrogens (primary N) is 1. The van der Waals surface area contributed by atoms with E-state index in [1.165, 1.54) is 0 Å². The highest BCUT2D eigenvalue weighted by Crippen LogP contribution is 2.24. The molecule has 1 saturated heterocycles. The number of likely N-dealkylation sites (tertiary alicyclic amines) is 1. The molecule has 1 atom stereocenters. The van der Waals surface area contributed by atoms with E-state index in [4.69, 9.17) is 10.9 Å². The van der Waals surface area contributed by atoms with Crippen LogP contribution in [0.5, 0.6) is 0 Å². The fourth-order valence-corrected chi connectivity index (χ4v) is 3.52. The quantitative estimate of drug-likeness (QED) is 0.352. The largest absolute Gasteiger partial charge is 0.409 e. The molecule has 1 amide bonds. The Bertz CT molecular complexity index is 513. The molecule has 5 nitrogen and oxygen atoms in total. The topological polar surface area (TPSA) is 78.9 Å². The molecule has 2 rings (SSSR count). The molecular weight excluding hydrogens is 378 g/mol. The van der Waals surface area contributed by atoms with Gasteiger partial charge in [0.05, 0.1) is 6.04 Å². The smallest absolute Gasteiger partial charge is 0.254 e. The van der Waals surface area contributed by atoms with Crippen LogP contribution in [0.3, 0.4) is 0 Å². The summed E-state index contributed by atoms with van der Waals surface area (Å²) in [6.45, 7) is 0.615. The second kappa shape index (κ2) is 5.92. The van der Waals surface area contributed by atoms with Crippen LogP contribution in [0.1, 0.15) is 23.2 Å². The van der Waals surface area contributed by atoms with Crippen molar-refractivity contribution in [2.45, 2.75) is 18.9 Å². The zero-order valence-corrected chi connectivity index (χ0v) is 13.2. The van der Waals surface area contributed by atoms with Crippen LogP contribution < -0.4 is 5.73 Å². The van der Waals surface area contributed by atoms with Gasteiger partial charge in [-0.05, 0) is 31.0 Å². The highest BCUT2D eigenvalue weighted by Gasteiger charge is 2.32. The second-order valence-electron chi connectivity index (χ2n) is 4.34. The lowest BCUT2D eigenvalue weighted by atomic mass is 10.1. The molecule has 0 spiro atoms. The van der Waals surface area contributed by atoms with Gasteiger partial charge in [-0.15, -0.1) is 0 Å². The number of nitrogens with zero attached hydrogens (tertiary/aromatic N) is 2. The first-order chi connectivity index (χ1) is 9.02. The number of hydrogen-bond donors (Lipinski definition) is 2. The van der Waals surface area contributed by atoms with Gasteiger partial charge < -0.3 is 15.8 Å². The van der Waals surface area contributed by atoms with Gasteiger partial charge in [0.2, 0.25) is 0 Å². The molecule has 0 aliphatic carbocycles. The van der Waals surface area contributed by atoms with Crippen molar-refractivity contribution in [1.29, 1.82) is 0 Å². The summed E-state index contributed by atoms with van der Waals surface area (Å²) in [5.74, 6) is -0.0315. The maximum Gasteiger partial charge on any atom is 0.254 e. The molecule has 1 aromatic carbocycles. The van der Waals surface area contributed by atoms with E-state index >= 15 is 0 Å². The minimum absolute atomic E-state index is 0.0833. The standard InChI is InChI=1S/C12H13Br2N3O2/c13-8-4-7(5-9(14)6-8)12(18)17-3-1-2-10(17)11(15)16-19/h4-6,10,19H,1-3H2,(H2,15,16). The first kappa shape index (κ1) is 14.3. The van der Waals surface area contributed by atoms with E-state index in [0.717, 1.165) is 21.8 Å². The zero-order valence-electron chi connectivity index (χ0n) is 10.0. The Morgan fingerprint density at radius 3 is 2.58 bits per heavy atom. The Morgan fingerprint density at radius 1 is 1.37 bits per heavy atom. The average Bonchev–Trinajstić information content (AvgIpc) is 2.84. The van der Waals surface area contributed by atoms with Crippen molar-refractivity contribution in [1.82, 2.24) is 4.90 Å². The summed E-state index contributed by atoms with van der Waals surface area (Å²) in [5.41, 5.74) is 6.20. The van der Waals surface area contributed by atoms with E-state index in [-0.39, 0.29) is 17.8 Å². The molecule has 7 heteroatoms. The van der Waals surface area contributed by atoms with Crippen molar-refractivity contribution >= 4 is 43.6 Å². The summed E-state index contributed by atoms with van der Waals surface area (Å²) in [6.07, 6.45) is 1.57. The first-order valence-corrected chi connectivity index (χ1v) is 7.36. The normalized spacial score (nSPS) is 19.8. The summed E-state index contributed by atoms with van der Waals surface area (Å²) in [6, 6.07) is 5.06. The fourth-order valence-electron chi connectivity index (χ4n) is 2.23. The third-order valence-electron chi connectivity index (χ3n) is 3.08. The van der Waals surface area contributed by atoms with Crippen LogP contribution in [0.15, 0.2) is 32.3 Å². The molecule has 0 aromatic heterocycles. The van der Waals surface area contributed by atoms with Crippen molar-refractivity contribution < 1.29 is 10.0 Å². The molecule has 1 fully saturated rings. The van der Waals surface area contributed by atoms with Crippen LogP contribution in [0, 0.1) is 0 Å². The van der Waals surface area contributed by atoms with Crippen LogP contribution in [-0.2, 0) is 0 Å². The van der Waals surface area contributed by atoms with Gasteiger partial charge in [0.1, 0.15) is 0 Å². The monoisotopic (exact) mass is 389 g/mol. The maximum atomic E-state index is 12.5. The first-order valence-electron chi connectivity index (χ1n) is 5.77. The van der Waals surface area contributed by atoms with Crippen molar-refractivity contribution in [3.05, 3.63) is 32.7 Å². The molecule has 1 unspecified atom stereocenters. The van der Waals surface area contributed by atoms with E-state index in [0.29, 0.717) is 12.1 Å². The molecule has 1 aromatic rings. The van der Waals surface area contributed by atoms with E-state index in [2.05, 4.69) is 37.0 Å². The lowest BCUT2D eigenvalue weighted by Gasteiger charge is -2.23. The minimum Gasteiger partial charge on any atom is -0.409 e. The molecule has 0 saturated carbocycles. The predicted molar refractivity (Wildman–Crippen MR) is 79.3 cm³/mol. The molecule has 1 aliphatic heterocycles. The molecule has 1 aliphatic rings.